The van der Waals surface area contributed by atoms with Gasteiger partial charge in [0, 0.05) is 25.2 Å². The van der Waals surface area contributed by atoms with Gasteiger partial charge in [0.25, 0.3) is 0 Å². The molecule has 0 fully saturated rings. The van der Waals surface area contributed by atoms with Gasteiger partial charge in [-0.2, -0.15) is 0 Å². The van der Waals surface area contributed by atoms with Gasteiger partial charge < -0.3 is 4.90 Å². The Bertz CT molecular complexity index is 923. The lowest BCUT2D eigenvalue weighted by molar-refractivity contribution is -0.118. The normalized spacial score (nSPS) is 11.3. The minimum absolute atomic E-state index is 0.0958. The van der Waals surface area contributed by atoms with E-state index in [2.05, 4.69) is 0 Å². The molecule has 0 radical (unpaired) electrons. The quantitative estimate of drug-likeness (QED) is 0.724. The molecular weight excluding hydrogens is 360 g/mol. The molecule has 0 N–H and O–H groups in total. The summed E-state index contributed by atoms with van der Waals surface area (Å²) in [5.41, 5.74) is 4.47. The van der Waals surface area contributed by atoms with Gasteiger partial charge in [-0.25, -0.2) is 8.42 Å². The summed E-state index contributed by atoms with van der Waals surface area (Å²) in [7, 11) is -3.49. The van der Waals surface area contributed by atoms with E-state index in [0.717, 1.165) is 22.4 Å². The summed E-state index contributed by atoms with van der Waals surface area (Å²) in [5.74, 6) is -0.0958. The first kappa shape index (κ1) is 21.0. The summed E-state index contributed by atoms with van der Waals surface area (Å²) in [6.45, 7) is 8.39. The molecule has 146 valence electrons. The topological polar surface area (TPSA) is 57.7 Å². The fourth-order valence-corrected chi connectivity index (χ4v) is 4.17. The molecule has 0 heterocycles. The van der Waals surface area contributed by atoms with Crippen LogP contribution < -0.4 is 9.21 Å². The molecule has 5 nitrogen and oxygen atoms in total. The second kappa shape index (κ2) is 8.57. The average Bonchev–Trinajstić information content (AvgIpc) is 2.56. The molecule has 0 aliphatic rings. The van der Waals surface area contributed by atoms with E-state index in [1.807, 2.05) is 64.1 Å². The number of carbonyl (C=O) groups excluding carboxylic acids is 1. The molecule has 2 aromatic rings. The second-order valence-electron chi connectivity index (χ2n) is 6.85. The largest absolute Gasteiger partial charge is 0.313 e. The van der Waals surface area contributed by atoms with Gasteiger partial charge in [0.2, 0.25) is 15.9 Å². The van der Waals surface area contributed by atoms with Crippen molar-refractivity contribution in [1.82, 2.24) is 0 Å². The maximum atomic E-state index is 12.8. The van der Waals surface area contributed by atoms with Crippen molar-refractivity contribution in [1.29, 1.82) is 0 Å². The molecule has 0 bridgehead atoms. The lowest BCUT2D eigenvalue weighted by Crippen LogP contribution is -2.37. The van der Waals surface area contributed by atoms with Crippen molar-refractivity contribution in [3.63, 3.8) is 0 Å². The van der Waals surface area contributed by atoms with Crippen LogP contribution in [0.2, 0.25) is 0 Å². The third-order valence-electron chi connectivity index (χ3n) is 4.48. The lowest BCUT2D eigenvalue weighted by atomic mass is 10.1. The van der Waals surface area contributed by atoms with Gasteiger partial charge in [-0.1, -0.05) is 29.8 Å². The van der Waals surface area contributed by atoms with E-state index in [9.17, 15) is 13.2 Å². The summed E-state index contributed by atoms with van der Waals surface area (Å²) in [6.07, 6.45) is 1.29. The fourth-order valence-electron chi connectivity index (χ4n) is 3.18. The molecule has 0 unspecified atom stereocenters. The molecule has 2 aromatic carbocycles. The minimum atomic E-state index is -3.49. The number of hydrogen-bond donors (Lipinski definition) is 0. The Kier molecular flexibility index (Phi) is 6.65. The van der Waals surface area contributed by atoms with Crippen molar-refractivity contribution in [3.05, 3.63) is 59.2 Å². The van der Waals surface area contributed by atoms with E-state index in [1.165, 1.54) is 10.6 Å². The van der Waals surface area contributed by atoms with Crippen molar-refractivity contribution >= 4 is 27.3 Å². The number of rotatable bonds is 7. The van der Waals surface area contributed by atoms with Gasteiger partial charge in [0.1, 0.15) is 0 Å². The van der Waals surface area contributed by atoms with Crippen LogP contribution in [0.15, 0.2) is 42.5 Å². The van der Waals surface area contributed by atoms with Crippen LogP contribution in [-0.4, -0.2) is 33.7 Å². The molecular formula is C21H28N2O3S. The summed E-state index contributed by atoms with van der Waals surface area (Å²) >= 11 is 0. The van der Waals surface area contributed by atoms with E-state index in [-0.39, 0.29) is 18.9 Å². The van der Waals surface area contributed by atoms with Gasteiger partial charge in [-0.3, -0.25) is 9.10 Å². The second-order valence-corrected chi connectivity index (χ2v) is 8.76. The van der Waals surface area contributed by atoms with E-state index in [1.54, 1.807) is 11.0 Å². The van der Waals surface area contributed by atoms with Crippen LogP contribution in [0.3, 0.4) is 0 Å². The van der Waals surface area contributed by atoms with Crippen LogP contribution in [0.4, 0.5) is 11.4 Å². The molecule has 0 aliphatic heterocycles. The van der Waals surface area contributed by atoms with Crippen LogP contribution in [0.5, 0.6) is 0 Å². The molecule has 0 saturated carbocycles. The van der Waals surface area contributed by atoms with Crippen LogP contribution in [0.25, 0.3) is 0 Å². The molecule has 0 aromatic heterocycles. The van der Waals surface area contributed by atoms with Crippen LogP contribution in [0.1, 0.15) is 30.0 Å². The summed E-state index contributed by atoms with van der Waals surface area (Å²) < 4.78 is 26.0. The maximum absolute atomic E-state index is 12.8. The zero-order valence-corrected chi connectivity index (χ0v) is 17.5. The maximum Gasteiger partial charge on any atom is 0.232 e. The molecule has 27 heavy (non-hydrogen) atoms. The molecule has 0 saturated heterocycles. The lowest BCUT2D eigenvalue weighted by Gasteiger charge is -2.26. The number of anilines is 2. The van der Waals surface area contributed by atoms with Gasteiger partial charge in [0.05, 0.1) is 11.9 Å². The molecule has 1 amide bonds. The molecule has 0 atom stereocenters. The van der Waals surface area contributed by atoms with E-state index in [0.29, 0.717) is 12.2 Å². The average molecular weight is 389 g/mol. The predicted octanol–water partition coefficient (Wildman–Crippen LogP) is 3.82. The van der Waals surface area contributed by atoms with Crippen LogP contribution in [-0.2, 0) is 14.8 Å². The smallest absolute Gasteiger partial charge is 0.232 e. The van der Waals surface area contributed by atoms with Gasteiger partial charge in [-0.15, -0.1) is 0 Å². The molecule has 0 spiro atoms. The highest BCUT2D eigenvalue weighted by Crippen LogP contribution is 2.24. The fraction of sp³-hybridized carbons (Fsp3) is 0.381. The third kappa shape index (κ3) is 5.32. The Morgan fingerprint density at radius 2 is 1.67 bits per heavy atom. The first-order valence-electron chi connectivity index (χ1n) is 9.05. The number of nitrogens with zero attached hydrogens (tertiary/aromatic N) is 2. The summed E-state index contributed by atoms with van der Waals surface area (Å²) in [5, 5.41) is 0. The van der Waals surface area contributed by atoms with Crippen molar-refractivity contribution in [2.45, 2.75) is 34.1 Å². The number of aryl methyl sites for hydroxylation is 3. The SMILES string of the molecule is CCN(C(=O)CCN(c1ccc(C)cc1C)S(C)(=O)=O)c1cccc(C)c1. The highest BCUT2D eigenvalue weighted by atomic mass is 32.2. The minimum Gasteiger partial charge on any atom is -0.313 e. The Morgan fingerprint density at radius 3 is 2.22 bits per heavy atom. The number of sulfonamides is 1. The third-order valence-corrected chi connectivity index (χ3v) is 5.66. The van der Waals surface area contributed by atoms with Crippen LogP contribution >= 0.6 is 0 Å². The van der Waals surface area contributed by atoms with Crippen molar-refractivity contribution in [3.8, 4) is 0 Å². The summed E-state index contributed by atoms with van der Waals surface area (Å²) in [4.78, 5) is 14.5. The van der Waals surface area contributed by atoms with Crippen molar-refractivity contribution in [2.75, 3.05) is 28.6 Å². The van der Waals surface area contributed by atoms with Gasteiger partial charge in [0.15, 0.2) is 0 Å². The Morgan fingerprint density at radius 1 is 1.00 bits per heavy atom. The zero-order chi connectivity index (χ0) is 20.2. The standard InChI is InChI=1S/C21H28N2O3S/c1-6-22(19-9-7-8-16(2)15-19)21(24)12-13-23(27(5,25)26)20-11-10-17(3)14-18(20)4/h7-11,14-15H,6,12-13H2,1-5H3. The van der Waals surface area contributed by atoms with E-state index in [4.69, 9.17) is 0 Å². The first-order chi connectivity index (χ1) is 12.6. The zero-order valence-electron chi connectivity index (χ0n) is 16.7. The monoisotopic (exact) mass is 388 g/mol. The number of carbonyl (C=O) groups is 1. The Labute approximate surface area is 162 Å². The number of amides is 1. The Balaban J connectivity index is 2.22. The number of benzene rings is 2. The van der Waals surface area contributed by atoms with Gasteiger partial charge >= 0.3 is 0 Å². The highest BCUT2D eigenvalue weighted by Gasteiger charge is 2.22. The molecule has 6 heteroatoms. The van der Waals surface area contributed by atoms with E-state index >= 15 is 0 Å². The summed E-state index contributed by atoms with van der Waals surface area (Å²) in [6, 6.07) is 13.4. The Hall–Kier alpha value is -2.34. The first-order valence-corrected chi connectivity index (χ1v) is 10.9. The van der Waals surface area contributed by atoms with Crippen molar-refractivity contribution in [2.24, 2.45) is 0 Å². The van der Waals surface area contributed by atoms with E-state index < -0.39 is 10.0 Å². The number of hydrogen-bond acceptors (Lipinski definition) is 3. The molecule has 0 aliphatic carbocycles. The highest BCUT2D eigenvalue weighted by molar-refractivity contribution is 7.92. The molecule has 2 rings (SSSR count). The predicted molar refractivity (Wildman–Crippen MR) is 112 cm³/mol. The van der Waals surface area contributed by atoms with Gasteiger partial charge in [-0.05, 0) is 57.0 Å². The van der Waals surface area contributed by atoms with Crippen LogP contribution in [0, 0.1) is 20.8 Å². The van der Waals surface area contributed by atoms with Crippen molar-refractivity contribution < 1.29 is 13.2 Å².